The summed E-state index contributed by atoms with van der Waals surface area (Å²) in [5, 5.41) is 16.2. The Morgan fingerprint density at radius 2 is 1.94 bits per heavy atom. The number of nitrogens with one attached hydrogen (secondary N) is 3. The van der Waals surface area contributed by atoms with Gasteiger partial charge in [-0.1, -0.05) is 6.07 Å². The highest BCUT2D eigenvalue weighted by atomic mass is 19.1. The average Bonchev–Trinajstić information content (AvgIpc) is 2.86. The summed E-state index contributed by atoms with van der Waals surface area (Å²) in [6, 6.07) is 2.90. The van der Waals surface area contributed by atoms with E-state index in [0.29, 0.717) is 32.1 Å². The van der Waals surface area contributed by atoms with E-state index < -0.39 is 45.9 Å². The molecule has 1 aromatic carbocycles. The van der Waals surface area contributed by atoms with E-state index >= 15 is 0 Å². The van der Waals surface area contributed by atoms with E-state index in [9.17, 15) is 28.3 Å². The molecular weight excluding hydrogens is 474 g/mol. The lowest BCUT2D eigenvalue weighted by molar-refractivity contribution is -0.0280. The Kier molecular flexibility index (Phi) is 8.80. The fourth-order valence-electron chi connectivity index (χ4n) is 4.69. The third-order valence-corrected chi connectivity index (χ3v) is 6.68. The van der Waals surface area contributed by atoms with Gasteiger partial charge in [0.15, 0.2) is 11.4 Å². The van der Waals surface area contributed by atoms with Gasteiger partial charge in [0.25, 0.3) is 11.8 Å². The monoisotopic (exact) mass is 506 g/mol. The molecule has 2 amide bonds. The van der Waals surface area contributed by atoms with Crippen LogP contribution in [0, 0.1) is 11.6 Å². The van der Waals surface area contributed by atoms with Gasteiger partial charge in [0, 0.05) is 37.5 Å². The maximum absolute atomic E-state index is 13.8. The number of benzene rings is 1. The van der Waals surface area contributed by atoms with E-state index in [2.05, 4.69) is 15.6 Å². The van der Waals surface area contributed by atoms with Crippen LogP contribution in [-0.4, -0.2) is 58.8 Å². The largest absolute Gasteiger partial charge is 0.503 e. The predicted octanol–water partition coefficient (Wildman–Crippen LogP) is 2.65. The van der Waals surface area contributed by atoms with Crippen molar-refractivity contribution < 1.29 is 28.2 Å². The van der Waals surface area contributed by atoms with Crippen LogP contribution in [0.15, 0.2) is 29.2 Å². The Morgan fingerprint density at radius 1 is 1.25 bits per heavy atom. The first-order valence-electron chi connectivity index (χ1n) is 12.0. The van der Waals surface area contributed by atoms with Crippen LogP contribution in [0.5, 0.6) is 5.75 Å². The van der Waals surface area contributed by atoms with Crippen molar-refractivity contribution in [1.82, 2.24) is 20.5 Å². The number of amides is 2. The first kappa shape index (κ1) is 27.3. The van der Waals surface area contributed by atoms with Crippen LogP contribution in [-0.2, 0) is 11.3 Å². The molecule has 0 bridgehead atoms. The molecule has 4 N–H and O–H groups in total. The number of halogens is 2. The summed E-state index contributed by atoms with van der Waals surface area (Å²) in [4.78, 5) is 42.9. The summed E-state index contributed by atoms with van der Waals surface area (Å²) in [5.41, 5.74) is -2.48. The van der Waals surface area contributed by atoms with Crippen molar-refractivity contribution in [3.8, 4) is 5.75 Å². The molecule has 0 spiro atoms. The zero-order valence-corrected chi connectivity index (χ0v) is 20.6. The molecule has 11 heteroatoms. The molecule has 3 rings (SSSR count). The van der Waals surface area contributed by atoms with Gasteiger partial charge in [-0.2, -0.15) is 0 Å². The summed E-state index contributed by atoms with van der Waals surface area (Å²) in [7, 11) is 1.76. The van der Waals surface area contributed by atoms with Crippen molar-refractivity contribution in [2.75, 3.05) is 20.2 Å². The number of aromatic hydroxyl groups is 1. The van der Waals surface area contributed by atoms with Crippen LogP contribution in [0.25, 0.3) is 0 Å². The number of hydrogen-bond acceptors (Lipinski definition) is 6. The molecule has 0 radical (unpaired) electrons. The summed E-state index contributed by atoms with van der Waals surface area (Å²) in [6.07, 6.45) is 3.89. The van der Waals surface area contributed by atoms with E-state index in [1.54, 1.807) is 18.9 Å². The number of aromatic amines is 1. The van der Waals surface area contributed by atoms with Crippen LogP contribution in [0.3, 0.4) is 0 Å². The van der Waals surface area contributed by atoms with E-state index in [0.717, 1.165) is 25.1 Å². The number of hydrogen-bond donors (Lipinski definition) is 4. The number of pyridine rings is 1. The summed E-state index contributed by atoms with van der Waals surface area (Å²) < 4.78 is 32.6. The molecule has 36 heavy (non-hydrogen) atoms. The molecule has 2 aromatic rings. The van der Waals surface area contributed by atoms with E-state index in [-0.39, 0.29) is 23.9 Å². The van der Waals surface area contributed by atoms with Crippen LogP contribution < -0.4 is 16.1 Å². The summed E-state index contributed by atoms with van der Waals surface area (Å²) in [6.45, 7) is 4.36. The van der Waals surface area contributed by atoms with Gasteiger partial charge in [0.05, 0.1) is 11.8 Å². The molecule has 1 saturated carbocycles. The second kappa shape index (κ2) is 11.6. The zero-order chi connectivity index (χ0) is 26.5. The minimum Gasteiger partial charge on any atom is -0.503 e. The summed E-state index contributed by atoms with van der Waals surface area (Å²) >= 11 is 0. The molecule has 1 aliphatic carbocycles. The molecular formula is C25H32F2N4O5. The topological polar surface area (TPSA) is 124 Å². The zero-order valence-electron chi connectivity index (χ0n) is 20.6. The quantitative estimate of drug-likeness (QED) is 0.388. The van der Waals surface area contributed by atoms with Gasteiger partial charge in [0.2, 0.25) is 5.43 Å². The van der Waals surface area contributed by atoms with Gasteiger partial charge in [0.1, 0.15) is 17.2 Å². The number of H-pyrrole nitrogens is 1. The SMILES string of the molecule is CCOC1CCC(NC)(N(CC)C(=O)c2[nH]cc(C(=O)NCc3ccc(F)cc3F)c(=O)c2O)CC1. The minimum absolute atomic E-state index is 0.0206. The minimum atomic E-state index is -1.04. The lowest BCUT2D eigenvalue weighted by Crippen LogP contribution is -2.61. The van der Waals surface area contributed by atoms with Crippen LogP contribution in [0.2, 0.25) is 0 Å². The Morgan fingerprint density at radius 3 is 2.53 bits per heavy atom. The van der Waals surface area contributed by atoms with E-state index in [4.69, 9.17) is 4.74 Å². The molecule has 1 aliphatic rings. The molecule has 1 heterocycles. The van der Waals surface area contributed by atoms with Crippen LogP contribution in [0.1, 0.15) is 65.9 Å². The molecule has 0 saturated heterocycles. The van der Waals surface area contributed by atoms with Crippen molar-refractivity contribution in [2.24, 2.45) is 0 Å². The first-order valence-corrected chi connectivity index (χ1v) is 12.0. The van der Waals surface area contributed by atoms with Crippen molar-refractivity contribution in [3.63, 3.8) is 0 Å². The highest BCUT2D eigenvalue weighted by Gasteiger charge is 2.42. The number of carbonyl (C=O) groups excluding carboxylic acids is 2. The van der Waals surface area contributed by atoms with Gasteiger partial charge in [-0.25, -0.2) is 8.78 Å². The van der Waals surface area contributed by atoms with Gasteiger partial charge >= 0.3 is 0 Å². The standard InChI is InChI=1S/C25H32F2N4O5/c1-4-31(25(28-3)10-8-17(9-11-25)36-5-2)24(35)20-22(33)21(32)18(14-29-20)23(34)30-13-15-6-7-16(26)12-19(15)27/h6-7,12,14,17,28,33H,4-5,8-11,13H2,1-3H3,(H,29,32)(H,30,34). The number of aromatic nitrogens is 1. The molecule has 1 fully saturated rings. The smallest absolute Gasteiger partial charge is 0.275 e. The Labute approximate surface area is 207 Å². The molecule has 196 valence electrons. The van der Waals surface area contributed by atoms with Gasteiger partial charge in [-0.05, 0) is 52.6 Å². The third kappa shape index (κ3) is 5.57. The maximum Gasteiger partial charge on any atom is 0.275 e. The highest BCUT2D eigenvalue weighted by molar-refractivity contribution is 5.98. The summed E-state index contributed by atoms with van der Waals surface area (Å²) in [5.74, 6) is -3.96. The number of carbonyl (C=O) groups is 2. The fraction of sp³-hybridized carbons (Fsp3) is 0.480. The Balaban J connectivity index is 1.79. The fourth-order valence-corrected chi connectivity index (χ4v) is 4.69. The Hall–Kier alpha value is -3.31. The average molecular weight is 507 g/mol. The predicted molar refractivity (Wildman–Crippen MR) is 129 cm³/mol. The highest BCUT2D eigenvalue weighted by Crippen LogP contribution is 2.34. The second-order valence-corrected chi connectivity index (χ2v) is 8.66. The third-order valence-electron chi connectivity index (χ3n) is 6.68. The van der Waals surface area contributed by atoms with Gasteiger partial charge in [-0.15, -0.1) is 0 Å². The lowest BCUT2D eigenvalue weighted by atomic mass is 9.85. The van der Waals surface area contributed by atoms with Crippen LogP contribution in [0.4, 0.5) is 8.78 Å². The molecule has 0 unspecified atom stereocenters. The van der Waals surface area contributed by atoms with Crippen molar-refractivity contribution >= 4 is 11.8 Å². The van der Waals surface area contributed by atoms with Crippen molar-refractivity contribution in [1.29, 1.82) is 0 Å². The normalized spacial score (nSPS) is 19.6. The molecule has 0 atom stereocenters. The Bertz CT molecular complexity index is 1160. The molecule has 0 aliphatic heterocycles. The molecule has 1 aromatic heterocycles. The van der Waals surface area contributed by atoms with E-state index in [1.165, 1.54) is 6.07 Å². The van der Waals surface area contributed by atoms with Crippen LogP contribution >= 0.6 is 0 Å². The number of ether oxygens (including phenoxy) is 1. The van der Waals surface area contributed by atoms with E-state index in [1.807, 2.05) is 6.92 Å². The van der Waals surface area contributed by atoms with Crippen molar-refractivity contribution in [3.05, 3.63) is 63.1 Å². The first-order chi connectivity index (χ1) is 17.2. The van der Waals surface area contributed by atoms with Gasteiger partial charge < -0.3 is 25.0 Å². The van der Waals surface area contributed by atoms with Gasteiger partial charge in [-0.3, -0.25) is 19.7 Å². The molecule has 9 nitrogen and oxygen atoms in total. The lowest BCUT2D eigenvalue weighted by Gasteiger charge is -2.47. The van der Waals surface area contributed by atoms with Crippen molar-refractivity contribution in [2.45, 2.75) is 57.8 Å². The maximum atomic E-state index is 13.8. The number of nitrogens with zero attached hydrogens (tertiary/aromatic N) is 1. The number of rotatable bonds is 9. The second-order valence-electron chi connectivity index (χ2n) is 8.66.